The summed E-state index contributed by atoms with van der Waals surface area (Å²) in [6.07, 6.45) is 1.06. The van der Waals surface area contributed by atoms with Gasteiger partial charge in [-0.2, -0.15) is 17.0 Å². The van der Waals surface area contributed by atoms with Crippen LogP contribution in [0.15, 0.2) is 24.3 Å². The second-order valence-corrected chi connectivity index (χ2v) is 5.78. The van der Waals surface area contributed by atoms with E-state index in [1.165, 1.54) is 11.1 Å². The molecule has 1 rings (SSSR count). The number of nitrogens with zero attached hydrogens (tertiary/aromatic N) is 1. The highest BCUT2D eigenvalue weighted by atomic mass is 32.2. The maximum absolute atomic E-state index is 9.24. The van der Waals surface area contributed by atoms with Gasteiger partial charge in [0.1, 0.15) is 5.54 Å². The average Bonchev–Trinajstić information content (AvgIpc) is 2.39. The average molecular weight is 262 g/mol. The molecule has 0 aliphatic carbocycles. The van der Waals surface area contributed by atoms with Crippen LogP contribution in [-0.4, -0.2) is 17.8 Å². The van der Waals surface area contributed by atoms with Gasteiger partial charge in [-0.05, 0) is 37.9 Å². The van der Waals surface area contributed by atoms with Crippen LogP contribution in [0, 0.1) is 18.3 Å². The van der Waals surface area contributed by atoms with E-state index in [2.05, 4.69) is 49.5 Å². The van der Waals surface area contributed by atoms with Crippen LogP contribution in [0.3, 0.4) is 0 Å². The lowest BCUT2D eigenvalue weighted by Gasteiger charge is -2.22. The number of thioether (sulfide) groups is 1. The zero-order chi connectivity index (χ0) is 13.4. The van der Waals surface area contributed by atoms with Crippen molar-refractivity contribution in [3.63, 3.8) is 0 Å². The van der Waals surface area contributed by atoms with E-state index in [9.17, 15) is 5.26 Å². The number of nitrogens with one attached hydrogen (secondary N) is 1. The summed E-state index contributed by atoms with van der Waals surface area (Å²) in [5, 5.41) is 12.6. The van der Waals surface area contributed by atoms with Crippen LogP contribution in [0.5, 0.6) is 0 Å². The first-order chi connectivity index (χ1) is 8.61. The van der Waals surface area contributed by atoms with Gasteiger partial charge in [0.25, 0.3) is 0 Å². The molecule has 0 fully saturated rings. The molecule has 0 aliphatic rings. The standard InChI is InChI=1S/C15H22N2S/c1-4-9-17-15(3,11-16)12-18-10-14-8-6-5-7-13(14)2/h5-8,17H,4,9-10,12H2,1-3H3. The molecule has 1 aromatic rings. The van der Waals surface area contributed by atoms with E-state index < -0.39 is 5.54 Å². The molecular weight excluding hydrogens is 240 g/mol. The Hall–Kier alpha value is -0.980. The van der Waals surface area contributed by atoms with Crippen molar-refractivity contribution in [1.29, 1.82) is 5.26 Å². The van der Waals surface area contributed by atoms with E-state index in [0.29, 0.717) is 0 Å². The molecule has 1 unspecified atom stereocenters. The van der Waals surface area contributed by atoms with Crippen LogP contribution < -0.4 is 5.32 Å². The fraction of sp³-hybridized carbons (Fsp3) is 0.533. The first-order valence-corrected chi connectivity index (χ1v) is 7.55. The fourth-order valence-electron chi connectivity index (χ4n) is 1.66. The van der Waals surface area contributed by atoms with E-state index in [1.807, 2.05) is 18.7 Å². The third-order valence-corrected chi connectivity index (χ3v) is 4.22. The first kappa shape index (κ1) is 15.1. The van der Waals surface area contributed by atoms with E-state index >= 15 is 0 Å². The minimum absolute atomic E-state index is 0.413. The van der Waals surface area contributed by atoms with E-state index in [1.54, 1.807) is 0 Å². The minimum Gasteiger partial charge on any atom is -0.299 e. The molecule has 0 saturated heterocycles. The van der Waals surface area contributed by atoms with Gasteiger partial charge in [-0.3, -0.25) is 5.32 Å². The molecular formula is C15H22N2S. The quantitative estimate of drug-likeness (QED) is 0.817. The van der Waals surface area contributed by atoms with Gasteiger partial charge in [-0.15, -0.1) is 0 Å². The SMILES string of the molecule is CCCNC(C)(C#N)CSCc1ccccc1C. The summed E-state index contributed by atoms with van der Waals surface area (Å²) < 4.78 is 0. The van der Waals surface area contributed by atoms with Crippen molar-refractivity contribution in [3.8, 4) is 6.07 Å². The summed E-state index contributed by atoms with van der Waals surface area (Å²) in [4.78, 5) is 0. The molecule has 98 valence electrons. The highest BCUT2D eigenvalue weighted by Crippen LogP contribution is 2.20. The molecule has 0 heterocycles. The molecule has 0 spiro atoms. The van der Waals surface area contributed by atoms with Gasteiger partial charge < -0.3 is 0 Å². The molecule has 0 bridgehead atoms. The normalized spacial score (nSPS) is 13.9. The molecule has 1 N–H and O–H groups in total. The van der Waals surface area contributed by atoms with Crippen molar-refractivity contribution in [2.24, 2.45) is 0 Å². The van der Waals surface area contributed by atoms with E-state index in [4.69, 9.17) is 0 Å². The molecule has 3 heteroatoms. The third-order valence-electron chi connectivity index (χ3n) is 2.92. The highest BCUT2D eigenvalue weighted by Gasteiger charge is 2.22. The Morgan fingerprint density at radius 2 is 2.11 bits per heavy atom. The first-order valence-electron chi connectivity index (χ1n) is 6.40. The van der Waals surface area contributed by atoms with Crippen molar-refractivity contribution in [3.05, 3.63) is 35.4 Å². The zero-order valence-corrected chi connectivity index (χ0v) is 12.3. The fourth-order valence-corrected chi connectivity index (χ4v) is 2.88. The van der Waals surface area contributed by atoms with Gasteiger partial charge in [0.05, 0.1) is 6.07 Å². The molecule has 0 aromatic heterocycles. The van der Waals surface area contributed by atoms with Crippen molar-refractivity contribution in [1.82, 2.24) is 5.32 Å². The van der Waals surface area contributed by atoms with Crippen molar-refractivity contribution < 1.29 is 0 Å². The summed E-state index contributed by atoms with van der Waals surface area (Å²) in [5.41, 5.74) is 2.27. The zero-order valence-electron chi connectivity index (χ0n) is 11.5. The Bertz CT molecular complexity index is 411. The molecule has 0 radical (unpaired) electrons. The lowest BCUT2D eigenvalue weighted by molar-refractivity contribution is 0.493. The Morgan fingerprint density at radius 3 is 2.72 bits per heavy atom. The van der Waals surface area contributed by atoms with Crippen LogP contribution in [0.25, 0.3) is 0 Å². The van der Waals surface area contributed by atoms with Crippen LogP contribution >= 0.6 is 11.8 Å². The third kappa shape index (κ3) is 4.72. The molecule has 0 aliphatic heterocycles. The number of benzene rings is 1. The maximum atomic E-state index is 9.24. The highest BCUT2D eigenvalue weighted by molar-refractivity contribution is 7.98. The van der Waals surface area contributed by atoms with Gasteiger partial charge in [0.2, 0.25) is 0 Å². The number of nitriles is 1. The number of rotatable bonds is 7. The molecule has 18 heavy (non-hydrogen) atoms. The topological polar surface area (TPSA) is 35.8 Å². The van der Waals surface area contributed by atoms with Crippen LogP contribution in [0.2, 0.25) is 0 Å². The predicted octanol–water partition coefficient (Wildman–Crippen LogP) is 3.51. The number of hydrogen-bond donors (Lipinski definition) is 1. The van der Waals surface area contributed by atoms with Gasteiger partial charge in [0.15, 0.2) is 0 Å². The lowest BCUT2D eigenvalue weighted by atomic mass is 10.1. The minimum atomic E-state index is -0.413. The van der Waals surface area contributed by atoms with Gasteiger partial charge in [-0.1, -0.05) is 31.2 Å². The van der Waals surface area contributed by atoms with Crippen LogP contribution in [-0.2, 0) is 5.75 Å². The molecule has 1 aromatic carbocycles. The van der Waals surface area contributed by atoms with Crippen molar-refractivity contribution in [2.45, 2.75) is 38.5 Å². The Morgan fingerprint density at radius 1 is 1.39 bits per heavy atom. The molecule has 1 atom stereocenters. The van der Waals surface area contributed by atoms with Crippen LogP contribution in [0.1, 0.15) is 31.4 Å². The molecule has 0 saturated carbocycles. The summed E-state index contributed by atoms with van der Waals surface area (Å²) in [5.74, 6) is 1.79. The van der Waals surface area contributed by atoms with E-state index in [0.717, 1.165) is 24.5 Å². The van der Waals surface area contributed by atoms with Crippen LogP contribution in [0.4, 0.5) is 0 Å². The maximum Gasteiger partial charge on any atom is 0.113 e. The summed E-state index contributed by atoms with van der Waals surface area (Å²) in [6.45, 7) is 7.13. The number of hydrogen-bond acceptors (Lipinski definition) is 3. The Kier molecular flexibility index (Phi) is 6.24. The second kappa shape index (κ2) is 7.45. The lowest BCUT2D eigenvalue weighted by Crippen LogP contribution is -2.43. The predicted molar refractivity (Wildman–Crippen MR) is 79.7 cm³/mol. The summed E-state index contributed by atoms with van der Waals surface area (Å²) in [7, 11) is 0. The smallest absolute Gasteiger partial charge is 0.113 e. The van der Waals surface area contributed by atoms with Gasteiger partial charge in [0, 0.05) is 11.5 Å². The summed E-state index contributed by atoms with van der Waals surface area (Å²) >= 11 is 1.82. The Balaban J connectivity index is 2.45. The van der Waals surface area contributed by atoms with E-state index in [-0.39, 0.29) is 0 Å². The monoisotopic (exact) mass is 262 g/mol. The van der Waals surface area contributed by atoms with Crippen molar-refractivity contribution in [2.75, 3.05) is 12.3 Å². The molecule has 2 nitrogen and oxygen atoms in total. The summed E-state index contributed by atoms with van der Waals surface area (Å²) in [6, 6.07) is 10.8. The Labute approximate surface area is 115 Å². The van der Waals surface area contributed by atoms with Crippen molar-refractivity contribution >= 4 is 11.8 Å². The largest absolute Gasteiger partial charge is 0.299 e. The molecule has 0 amide bonds. The van der Waals surface area contributed by atoms with Gasteiger partial charge >= 0.3 is 0 Å². The van der Waals surface area contributed by atoms with Gasteiger partial charge in [-0.25, -0.2) is 0 Å². The second-order valence-electron chi connectivity index (χ2n) is 4.79. The number of aryl methyl sites for hydroxylation is 1.